The van der Waals surface area contributed by atoms with Crippen molar-refractivity contribution in [2.24, 2.45) is 11.0 Å². The van der Waals surface area contributed by atoms with E-state index in [9.17, 15) is 4.79 Å². The third-order valence-corrected chi connectivity index (χ3v) is 7.13. The summed E-state index contributed by atoms with van der Waals surface area (Å²) in [7, 11) is 0. The fourth-order valence-corrected chi connectivity index (χ4v) is 5.14. The Labute approximate surface area is 215 Å². The average molecular weight is 505 g/mol. The molecule has 5 rings (SSSR count). The quantitative estimate of drug-likeness (QED) is 0.360. The molecule has 35 heavy (non-hydrogen) atoms. The molecule has 2 unspecified atom stereocenters. The van der Waals surface area contributed by atoms with E-state index in [0.717, 1.165) is 47.2 Å². The Morgan fingerprint density at radius 1 is 1.03 bits per heavy atom. The van der Waals surface area contributed by atoms with Crippen LogP contribution in [0.5, 0.6) is 5.75 Å². The number of aryl methyl sites for hydroxylation is 1. The number of hydrogen-bond donors (Lipinski definition) is 0. The number of fused-ring (bicyclic) bond motifs is 1. The minimum absolute atomic E-state index is 0.0747. The lowest BCUT2D eigenvalue weighted by atomic mass is 9.77. The summed E-state index contributed by atoms with van der Waals surface area (Å²) in [4.78, 5) is 13.5. The van der Waals surface area contributed by atoms with Gasteiger partial charge in [0, 0.05) is 16.0 Å². The molecule has 2 aliphatic rings. The van der Waals surface area contributed by atoms with Crippen molar-refractivity contribution in [3.8, 4) is 5.75 Å². The number of nitrogens with zero attached hydrogens (tertiary/aromatic N) is 2. The fraction of sp³-hybridized carbons (Fsp3) is 0.241. The first-order valence-corrected chi connectivity index (χ1v) is 12.6. The summed E-state index contributed by atoms with van der Waals surface area (Å²) in [5.74, 6) is 0.656. The minimum atomic E-state index is -0.191. The largest absolute Gasteiger partial charge is 0.483 e. The Hall–Kier alpha value is -3.08. The van der Waals surface area contributed by atoms with Crippen LogP contribution >= 0.6 is 23.2 Å². The van der Waals surface area contributed by atoms with Gasteiger partial charge in [-0.2, -0.15) is 5.10 Å². The van der Waals surface area contributed by atoms with Crippen LogP contribution in [0.1, 0.15) is 42.0 Å². The summed E-state index contributed by atoms with van der Waals surface area (Å²) in [6.45, 7) is 1.89. The Balaban J connectivity index is 1.47. The van der Waals surface area contributed by atoms with Crippen LogP contribution in [0.2, 0.25) is 10.0 Å². The topological polar surface area (TPSA) is 41.9 Å². The number of para-hydroxylation sites is 1. The Bertz CT molecular complexity index is 1280. The predicted molar refractivity (Wildman–Crippen MR) is 142 cm³/mol. The number of allylic oxidation sites excluding steroid dienone is 1. The second-order valence-corrected chi connectivity index (χ2v) is 9.87. The smallest absolute Gasteiger partial charge is 0.281 e. The molecular formula is C29H26Cl2N2O2. The van der Waals surface area contributed by atoms with E-state index in [1.165, 1.54) is 0 Å². The van der Waals surface area contributed by atoms with E-state index in [1.807, 2.05) is 79.7 Å². The lowest BCUT2D eigenvalue weighted by molar-refractivity contribution is -0.135. The second-order valence-electron chi connectivity index (χ2n) is 8.99. The molecule has 1 saturated carbocycles. The first-order valence-electron chi connectivity index (χ1n) is 11.8. The molecule has 0 radical (unpaired) electrons. The van der Waals surface area contributed by atoms with Gasteiger partial charge in [-0.15, -0.1) is 0 Å². The number of benzene rings is 3. The Morgan fingerprint density at radius 3 is 2.43 bits per heavy atom. The average Bonchev–Trinajstić information content (AvgIpc) is 3.26. The monoisotopic (exact) mass is 504 g/mol. The van der Waals surface area contributed by atoms with Gasteiger partial charge < -0.3 is 4.74 Å². The van der Waals surface area contributed by atoms with Crippen molar-refractivity contribution in [2.75, 3.05) is 6.61 Å². The van der Waals surface area contributed by atoms with E-state index in [-0.39, 0.29) is 24.5 Å². The van der Waals surface area contributed by atoms with E-state index in [4.69, 9.17) is 33.0 Å². The van der Waals surface area contributed by atoms with Gasteiger partial charge >= 0.3 is 0 Å². The van der Waals surface area contributed by atoms with Gasteiger partial charge in [0.2, 0.25) is 0 Å². The summed E-state index contributed by atoms with van der Waals surface area (Å²) >= 11 is 12.2. The second kappa shape index (κ2) is 10.3. The van der Waals surface area contributed by atoms with Crippen LogP contribution in [-0.2, 0) is 4.79 Å². The van der Waals surface area contributed by atoms with E-state index in [2.05, 4.69) is 6.08 Å². The molecule has 3 aromatic carbocycles. The lowest BCUT2D eigenvalue weighted by Crippen LogP contribution is -2.34. The molecule has 0 N–H and O–H groups in total. The van der Waals surface area contributed by atoms with Crippen molar-refractivity contribution in [3.63, 3.8) is 0 Å². The molecule has 1 aliphatic heterocycles. The van der Waals surface area contributed by atoms with Crippen LogP contribution in [0, 0.1) is 12.8 Å². The van der Waals surface area contributed by atoms with Gasteiger partial charge in [-0.25, -0.2) is 5.01 Å². The van der Waals surface area contributed by atoms with Gasteiger partial charge in [0.25, 0.3) is 5.91 Å². The standard InChI is InChI=1S/C29H26Cl2N2O2/c1-19-5-2-3-8-26(19)35-18-27(34)33-29(21-11-15-24(31)16-12-21)25-7-4-6-22(28(25)32-33)17-20-9-13-23(30)14-10-20/h2-3,5,8-17,25,29H,4,6-7,18H2,1H3/b22-17-. The normalized spacial score (nSPS) is 20.5. The first-order chi connectivity index (χ1) is 17.0. The lowest BCUT2D eigenvalue weighted by Gasteiger charge is -2.29. The fourth-order valence-electron chi connectivity index (χ4n) is 4.88. The van der Waals surface area contributed by atoms with E-state index in [1.54, 1.807) is 5.01 Å². The molecule has 1 aliphatic carbocycles. The molecular weight excluding hydrogens is 479 g/mol. The zero-order chi connectivity index (χ0) is 24.4. The number of rotatable bonds is 5. The molecule has 1 heterocycles. The maximum atomic E-state index is 13.5. The molecule has 178 valence electrons. The maximum absolute atomic E-state index is 13.5. The molecule has 1 amide bonds. The minimum Gasteiger partial charge on any atom is -0.483 e. The number of carbonyl (C=O) groups is 1. The van der Waals surface area contributed by atoms with Crippen LogP contribution in [0.25, 0.3) is 6.08 Å². The number of amides is 1. The van der Waals surface area contributed by atoms with Crippen LogP contribution in [0.15, 0.2) is 83.5 Å². The van der Waals surface area contributed by atoms with Crippen LogP contribution in [0.4, 0.5) is 0 Å². The molecule has 6 heteroatoms. The molecule has 0 bridgehead atoms. The van der Waals surface area contributed by atoms with Crippen LogP contribution in [-0.4, -0.2) is 23.2 Å². The van der Waals surface area contributed by atoms with Gasteiger partial charge in [0.05, 0.1) is 11.8 Å². The molecule has 0 saturated heterocycles. The zero-order valence-corrected chi connectivity index (χ0v) is 21.0. The van der Waals surface area contributed by atoms with Gasteiger partial charge in [0.1, 0.15) is 5.75 Å². The number of ether oxygens (including phenoxy) is 1. The van der Waals surface area contributed by atoms with Crippen LogP contribution < -0.4 is 4.74 Å². The van der Waals surface area contributed by atoms with E-state index in [0.29, 0.717) is 15.8 Å². The highest BCUT2D eigenvalue weighted by Gasteiger charge is 2.43. The van der Waals surface area contributed by atoms with Gasteiger partial charge in [-0.1, -0.05) is 65.7 Å². The Morgan fingerprint density at radius 2 is 1.71 bits per heavy atom. The number of hydrazone groups is 1. The van der Waals surface area contributed by atoms with Crippen molar-refractivity contribution < 1.29 is 9.53 Å². The van der Waals surface area contributed by atoms with E-state index >= 15 is 0 Å². The summed E-state index contributed by atoms with van der Waals surface area (Å²) in [5, 5.41) is 7.92. The summed E-state index contributed by atoms with van der Waals surface area (Å²) in [6, 6.07) is 23.0. The highest BCUT2D eigenvalue weighted by molar-refractivity contribution is 6.30. The summed E-state index contributed by atoms with van der Waals surface area (Å²) in [6.07, 6.45) is 5.09. The first kappa shape index (κ1) is 23.7. The van der Waals surface area contributed by atoms with Gasteiger partial charge in [0.15, 0.2) is 6.61 Å². The van der Waals surface area contributed by atoms with Gasteiger partial charge in [-0.05, 0) is 84.9 Å². The van der Waals surface area contributed by atoms with Crippen molar-refractivity contribution in [1.82, 2.24) is 5.01 Å². The maximum Gasteiger partial charge on any atom is 0.281 e. The predicted octanol–water partition coefficient (Wildman–Crippen LogP) is 7.50. The molecule has 1 fully saturated rings. The number of hydrogen-bond acceptors (Lipinski definition) is 3. The molecule has 0 spiro atoms. The van der Waals surface area contributed by atoms with Crippen molar-refractivity contribution in [2.45, 2.75) is 32.2 Å². The highest BCUT2D eigenvalue weighted by atomic mass is 35.5. The molecule has 0 aromatic heterocycles. The third-order valence-electron chi connectivity index (χ3n) is 6.62. The third kappa shape index (κ3) is 5.14. The summed E-state index contributed by atoms with van der Waals surface area (Å²) < 4.78 is 5.89. The van der Waals surface area contributed by atoms with E-state index < -0.39 is 0 Å². The Kier molecular flexibility index (Phi) is 6.94. The zero-order valence-electron chi connectivity index (χ0n) is 19.5. The van der Waals surface area contributed by atoms with Crippen molar-refractivity contribution >= 4 is 40.9 Å². The molecule has 4 nitrogen and oxygen atoms in total. The molecule has 2 atom stereocenters. The number of halogens is 2. The van der Waals surface area contributed by atoms with Crippen molar-refractivity contribution in [3.05, 3.63) is 105 Å². The SMILES string of the molecule is Cc1ccccc1OCC(=O)N1N=C2/C(=C\c3ccc(Cl)cc3)CCCC2C1c1ccc(Cl)cc1. The molecule has 3 aromatic rings. The van der Waals surface area contributed by atoms with Crippen LogP contribution in [0.3, 0.4) is 0 Å². The number of carbonyl (C=O) groups excluding carboxylic acids is 1. The highest BCUT2D eigenvalue weighted by Crippen LogP contribution is 2.44. The van der Waals surface area contributed by atoms with Gasteiger partial charge in [-0.3, -0.25) is 4.79 Å². The summed E-state index contributed by atoms with van der Waals surface area (Å²) in [5.41, 5.74) is 5.23. The van der Waals surface area contributed by atoms with Crippen molar-refractivity contribution in [1.29, 1.82) is 0 Å².